The monoisotopic (exact) mass is 371 g/mol. The van der Waals surface area contributed by atoms with E-state index in [0.29, 0.717) is 18.7 Å². The Labute approximate surface area is 159 Å². The summed E-state index contributed by atoms with van der Waals surface area (Å²) in [5.41, 5.74) is 2.03. The van der Waals surface area contributed by atoms with E-state index < -0.39 is 12.1 Å². The van der Waals surface area contributed by atoms with Gasteiger partial charge in [-0.2, -0.15) is 0 Å². The fourth-order valence-corrected chi connectivity index (χ4v) is 2.49. The van der Waals surface area contributed by atoms with Crippen LogP contribution in [0.15, 0.2) is 48.5 Å². The number of methoxy groups -OCH3 is 1. The van der Waals surface area contributed by atoms with E-state index >= 15 is 0 Å². The van der Waals surface area contributed by atoms with Crippen LogP contribution in [-0.2, 0) is 20.7 Å². The van der Waals surface area contributed by atoms with Crippen molar-refractivity contribution in [3.63, 3.8) is 0 Å². The summed E-state index contributed by atoms with van der Waals surface area (Å²) in [6, 6.07) is 15.0. The second-order valence-electron chi connectivity index (χ2n) is 6.10. The van der Waals surface area contributed by atoms with Gasteiger partial charge in [0.15, 0.2) is 12.7 Å². The predicted octanol–water partition coefficient (Wildman–Crippen LogP) is 2.67. The number of aryl methyl sites for hydroxylation is 1. The molecule has 0 fully saturated rings. The third-order valence-corrected chi connectivity index (χ3v) is 3.89. The Kier molecular flexibility index (Phi) is 7.67. The van der Waals surface area contributed by atoms with Crippen LogP contribution in [0.4, 0.5) is 0 Å². The lowest BCUT2D eigenvalue weighted by Crippen LogP contribution is -2.33. The summed E-state index contributed by atoms with van der Waals surface area (Å²) < 4.78 is 15.8. The molecule has 0 aliphatic heterocycles. The van der Waals surface area contributed by atoms with Crippen LogP contribution >= 0.6 is 0 Å². The molecule has 27 heavy (non-hydrogen) atoms. The first-order valence-corrected chi connectivity index (χ1v) is 8.78. The lowest BCUT2D eigenvalue weighted by Gasteiger charge is -2.14. The van der Waals surface area contributed by atoms with Gasteiger partial charge in [0.05, 0.1) is 7.11 Å². The van der Waals surface area contributed by atoms with E-state index in [-0.39, 0.29) is 12.5 Å². The molecule has 0 spiro atoms. The largest absolute Gasteiger partial charge is 0.496 e. The maximum absolute atomic E-state index is 12.0. The van der Waals surface area contributed by atoms with Gasteiger partial charge in [-0.25, -0.2) is 4.79 Å². The van der Waals surface area contributed by atoms with Gasteiger partial charge in [-0.15, -0.1) is 0 Å². The van der Waals surface area contributed by atoms with Gasteiger partial charge >= 0.3 is 5.97 Å². The molecule has 0 radical (unpaired) electrons. The van der Waals surface area contributed by atoms with Gasteiger partial charge in [-0.3, -0.25) is 4.79 Å². The highest BCUT2D eigenvalue weighted by atomic mass is 16.6. The van der Waals surface area contributed by atoms with Crippen molar-refractivity contribution >= 4 is 11.9 Å². The highest BCUT2D eigenvalue weighted by Gasteiger charge is 2.17. The zero-order valence-electron chi connectivity index (χ0n) is 15.9. The van der Waals surface area contributed by atoms with Gasteiger partial charge in [-0.05, 0) is 49.6 Å². The zero-order chi connectivity index (χ0) is 19.6. The maximum atomic E-state index is 12.0. The number of amides is 1. The van der Waals surface area contributed by atoms with E-state index in [9.17, 15) is 9.59 Å². The molecule has 6 heteroatoms. The van der Waals surface area contributed by atoms with Crippen LogP contribution in [0.5, 0.6) is 11.5 Å². The fourth-order valence-electron chi connectivity index (χ4n) is 2.49. The van der Waals surface area contributed by atoms with Crippen molar-refractivity contribution in [1.29, 1.82) is 0 Å². The minimum absolute atomic E-state index is 0.341. The first kappa shape index (κ1) is 20.3. The molecule has 2 aromatic carbocycles. The normalized spacial score (nSPS) is 11.4. The Hall–Kier alpha value is -3.02. The Balaban J connectivity index is 1.70. The highest BCUT2D eigenvalue weighted by Crippen LogP contribution is 2.17. The molecule has 0 heterocycles. The maximum Gasteiger partial charge on any atom is 0.347 e. The number of hydrogen-bond donors (Lipinski definition) is 1. The molecule has 0 aromatic heterocycles. The minimum Gasteiger partial charge on any atom is -0.496 e. The molecule has 6 nitrogen and oxygen atoms in total. The molecule has 0 aliphatic carbocycles. The summed E-state index contributed by atoms with van der Waals surface area (Å²) in [6.07, 6.45) is -0.176. The molecule has 0 aliphatic rings. The molecule has 1 amide bonds. The average Bonchev–Trinajstić information content (AvgIpc) is 2.66. The summed E-state index contributed by atoms with van der Waals surface area (Å²) >= 11 is 0. The van der Waals surface area contributed by atoms with Gasteiger partial charge in [0.25, 0.3) is 5.91 Å². The standard InChI is InChI=1S/C21H25NO5/c1-15-7-6-9-18(13-15)27-16(2)21(24)26-14-20(23)22-12-11-17-8-4-5-10-19(17)25-3/h4-10,13,16H,11-12,14H2,1-3H3,(H,22,23)/t16-/m1/s1. The van der Waals surface area contributed by atoms with Crippen LogP contribution in [0.3, 0.4) is 0 Å². The number of para-hydroxylation sites is 1. The summed E-state index contributed by atoms with van der Waals surface area (Å²) in [6.45, 7) is 3.61. The molecule has 1 N–H and O–H groups in total. The van der Waals surface area contributed by atoms with Crippen molar-refractivity contribution in [2.45, 2.75) is 26.4 Å². The van der Waals surface area contributed by atoms with Crippen LogP contribution < -0.4 is 14.8 Å². The smallest absolute Gasteiger partial charge is 0.347 e. The number of nitrogens with one attached hydrogen (secondary N) is 1. The molecule has 144 valence electrons. The van der Waals surface area contributed by atoms with E-state index in [1.165, 1.54) is 0 Å². The Morgan fingerprint density at radius 1 is 1.11 bits per heavy atom. The molecule has 0 saturated heterocycles. The molecule has 0 bridgehead atoms. The van der Waals surface area contributed by atoms with E-state index in [2.05, 4.69) is 5.32 Å². The van der Waals surface area contributed by atoms with E-state index in [4.69, 9.17) is 14.2 Å². The Morgan fingerprint density at radius 2 is 1.89 bits per heavy atom. The average molecular weight is 371 g/mol. The fraction of sp³-hybridized carbons (Fsp3) is 0.333. The number of hydrogen-bond acceptors (Lipinski definition) is 5. The number of carbonyl (C=O) groups excluding carboxylic acids is 2. The SMILES string of the molecule is COc1ccccc1CCNC(=O)COC(=O)[C@@H](C)Oc1cccc(C)c1. The first-order valence-electron chi connectivity index (χ1n) is 8.78. The third kappa shape index (κ3) is 6.66. The Bertz CT molecular complexity index is 775. The van der Waals surface area contributed by atoms with Crippen molar-refractivity contribution in [3.8, 4) is 11.5 Å². The molecule has 1 atom stereocenters. The van der Waals surface area contributed by atoms with E-state index in [1.54, 1.807) is 20.1 Å². The van der Waals surface area contributed by atoms with Gasteiger partial charge in [0.2, 0.25) is 0 Å². The van der Waals surface area contributed by atoms with Crippen LogP contribution in [0.1, 0.15) is 18.1 Å². The van der Waals surface area contributed by atoms with Gasteiger partial charge < -0.3 is 19.5 Å². The zero-order valence-corrected chi connectivity index (χ0v) is 15.9. The van der Waals surface area contributed by atoms with Crippen LogP contribution in [0.25, 0.3) is 0 Å². The van der Waals surface area contributed by atoms with Crippen molar-refractivity contribution in [1.82, 2.24) is 5.32 Å². The summed E-state index contributed by atoms with van der Waals surface area (Å²) in [4.78, 5) is 23.8. The van der Waals surface area contributed by atoms with E-state index in [1.807, 2.05) is 49.4 Å². The quantitative estimate of drug-likeness (QED) is 0.686. The molecular weight excluding hydrogens is 346 g/mol. The van der Waals surface area contributed by atoms with Gasteiger partial charge in [0.1, 0.15) is 11.5 Å². The number of esters is 1. The summed E-state index contributed by atoms with van der Waals surface area (Å²) in [5, 5.41) is 2.72. The molecule has 2 aromatic rings. The second kappa shape index (κ2) is 10.2. The highest BCUT2D eigenvalue weighted by molar-refractivity contribution is 5.82. The number of ether oxygens (including phenoxy) is 3. The summed E-state index contributed by atoms with van der Waals surface area (Å²) in [5.74, 6) is 0.415. The number of carbonyl (C=O) groups is 2. The van der Waals surface area contributed by atoms with Crippen LogP contribution in [0, 0.1) is 6.92 Å². The lowest BCUT2D eigenvalue weighted by atomic mass is 10.1. The molecular formula is C21H25NO5. The van der Waals surface area contributed by atoms with Gasteiger partial charge in [0, 0.05) is 6.54 Å². The topological polar surface area (TPSA) is 73.9 Å². The molecule has 0 unspecified atom stereocenters. The second-order valence-corrected chi connectivity index (χ2v) is 6.10. The summed E-state index contributed by atoms with van der Waals surface area (Å²) in [7, 11) is 1.61. The molecule has 0 saturated carbocycles. The minimum atomic E-state index is -0.798. The van der Waals surface area contributed by atoms with Crippen molar-refractivity contribution in [3.05, 3.63) is 59.7 Å². The van der Waals surface area contributed by atoms with Crippen molar-refractivity contribution in [2.75, 3.05) is 20.3 Å². The van der Waals surface area contributed by atoms with Crippen LogP contribution in [0.2, 0.25) is 0 Å². The van der Waals surface area contributed by atoms with Crippen LogP contribution in [-0.4, -0.2) is 38.2 Å². The lowest BCUT2D eigenvalue weighted by molar-refractivity contribution is -0.154. The predicted molar refractivity (Wildman–Crippen MR) is 102 cm³/mol. The number of rotatable bonds is 9. The molecule has 2 rings (SSSR count). The van der Waals surface area contributed by atoms with Gasteiger partial charge in [-0.1, -0.05) is 30.3 Å². The van der Waals surface area contributed by atoms with Crippen molar-refractivity contribution < 1.29 is 23.8 Å². The third-order valence-electron chi connectivity index (χ3n) is 3.89. The van der Waals surface area contributed by atoms with E-state index in [0.717, 1.165) is 16.9 Å². The number of benzene rings is 2. The first-order chi connectivity index (χ1) is 13.0. The Morgan fingerprint density at radius 3 is 2.63 bits per heavy atom. The van der Waals surface area contributed by atoms with Crippen molar-refractivity contribution in [2.24, 2.45) is 0 Å².